The molecule has 0 atom stereocenters. The largest absolute Gasteiger partial charge is 0.497 e. The normalized spacial score (nSPS) is 10.5. The number of hydrogen-bond donors (Lipinski definition) is 1. The van der Waals surface area contributed by atoms with E-state index in [9.17, 15) is 9.59 Å². The molecule has 0 saturated carbocycles. The van der Waals surface area contributed by atoms with Gasteiger partial charge < -0.3 is 14.8 Å². The highest BCUT2D eigenvalue weighted by Gasteiger charge is 2.08. The molecule has 0 saturated heterocycles. The maximum atomic E-state index is 12.1. The van der Waals surface area contributed by atoms with Crippen LogP contribution in [0.25, 0.3) is 6.08 Å². The molecule has 2 aromatic rings. The first-order chi connectivity index (χ1) is 12.6. The molecule has 0 heterocycles. The Hall–Kier alpha value is -3.08. The summed E-state index contributed by atoms with van der Waals surface area (Å²) in [6.45, 7) is 2.43. The number of unbranched alkanes of at least 4 members (excludes halogenated alkanes) is 1. The Morgan fingerprint density at radius 2 is 1.92 bits per heavy atom. The summed E-state index contributed by atoms with van der Waals surface area (Å²) >= 11 is 0. The summed E-state index contributed by atoms with van der Waals surface area (Å²) in [4.78, 5) is 24.1. The Bertz CT molecular complexity index is 783. The minimum atomic E-state index is -0.388. The zero-order chi connectivity index (χ0) is 18.8. The van der Waals surface area contributed by atoms with Crippen LogP contribution in [0.15, 0.2) is 54.6 Å². The van der Waals surface area contributed by atoms with Crippen LogP contribution >= 0.6 is 0 Å². The quantitative estimate of drug-likeness (QED) is 0.436. The van der Waals surface area contributed by atoms with Gasteiger partial charge in [-0.15, -0.1) is 0 Å². The van der Waals surface area contributed by atoms with Crippen LogP contribution in [0.3, 0.4) is 0 Å². The molecule has 26 heavy (non-hydrogen) atoms. The van der Waals surface area contributed by atoms with Gasteiger partial charge in [-0.1, -0.05) is 31.5 Å². The van der Waals surface area contributed by atoms with Crippen molar-refractivity contribution in [2.24, 2.45) is 0 Å². The van der Waals surface area contributed by atoms with Gasteiger partial charge in [-0.05, 0) is 48.4 Å². The molecule has 0 radical (unpaired) electrons. The summed E-state index contributed by atoms with van der Waals surface area (Å²) in [5.41, 5.74) is 1.80. The van der Waals surface area contributed by atoms with Crippen molar-refractivity contribution in [3.63, 3.8) is 0 Å². The van der Waals surface area contributed by atoms with Gasteiger partial charge in [0, 0.05) is 11.8 Å². The molecule has 0 aliphatic heterocycles. The van der Waals surface area contributed by atoms with Gasteiger partial charge in [0.05, 0.1) is 19.3 Å². The number of benzene rings is 2. The Morgan fingerprint density at radius 3 is 2.69 bits per heavy atom. The Balaban J connectivity index is 1.97. The number of carbonyl (C=O) groups is 2. The van der Waals surface area contributed by atoms with Gasteiger partial charge in [0.15, 0.2) is 0 Å². The Labute approximate surface area is 153 Å². The van der Waals surface area contributed by atoms with Crippen LogP contribution in [0, 0.1) is 0 Å². The van der Waals surface area contributed by atoms with Crippen molar-refractivity contribution in [1.82, 2.24) is 0 Å². The van der Waals surface area contributed by atoms with E-state index in [1.807, 2.05) is 31.2 Å². The fraction of sp³-hybridized carbons (Fsp3) is 0.238. The molecule has 0 fully saturated rings. The molecule has 2 aromatic carbocycles. The molecule has 0 bridgehead atoms. The second-order valence-electron chi connectivity index (χ2n) is 5.67. The van der Waals surface area contributed by atoms with Crippen LogP contribution in [0.1, 0.15) is 35.7 Å². The SMILES string of the molecule is CCCCOC(=O)c1cccc(NC(=O)/C=C/c2cccc(OC)c2)c1. The molecule has 136 valence electrons. The van der Waals surface area contributed by atoms with Gasteiger partial charge in [-0.2, -0.15) is 0 Å². The highest BCUT2D eigenvalue weighted by atomic mass is 16.5. The summed E-state index contributed by atoms with van der Waals surface area (Å²) in [6, 6.07) is 14.1. The number of methoxy groups -OCH3 is 1. The van der Waals surface area contributed by atoms with Crippen LogP contribution in [0.2, 0.25) is 0 Å². The van der Waals surface area contributed by atoms with Gasteiger partial charge in [-0.25, -0.2) is 4.79 Å². The van der Waals surface area contributed by atoms with Crippen LogP contribution in [0.4, 0.5) is 5.69 Å². The lowest BCUT2D eigenvalue weighted by atomic mass is 10.2. The average molecular weight is 353 g/mol. The van der Waals surface area contributed by atoms with E-state index in [0.717, 1.165) is 24.2 Å². The van der Waals surface area contributed by atoms with Crippen molar-refractivity contribution in [2.45, 2.75) is 19.8 Å². The number of anilines is 1. The zero-order valence-electron chi connectivity index (χ0n) is 15.0. The first-order valence-electron chi connectivity index (χ1n) is 8.52. The van der Waals surface area contributed by atoms with E-state index in [2.05, 4.69) is 5.32 Å². The van der Waals surface area contributed by atoms with Crippen LogP contribution < -0.4 is 10.1 Å². The fourth-order valence-corrected chi connectivity index (χ4v) is 2.22. The van der Waals surface area contributed by atoms with E-state index in [1.54, 1.807) is 37.5 Å². The fourth-order valence-electron chi connectivity index (χ4n) is 2.22. The average Bonchev–Trinajstić information content (AvgIpc) is 2.67. The highest BCUT2D eigenvalue weighted by molar-refractivity contribution is 6.02. The van der Waals surface area contributed by atoms with E-state index < -0.39 is 0 Å². The third kappa shape index (κ3) is 6.09. The van der Waals surface area contributed by atoms with E-state index in [4.69, 9.17) is 9.47 Å². The van der Waals surface area contributed by atoms with Crippen LogP contribution in [-0.4, -0.2) is 25.6 Å². The number of rotatable bonds is 8. The summed E-state index contributed by atoms with van der Waals surface area (Å²) in [6.07, 6.45) is 4.92. The van der Waals surface area contributed by atoms with E-state index in [0.29, 0.717) is 17.9 Å². The second-order valence-corrected chi connectivity index (χ2v) is 5.67. The molecule has 1 N–H and O–H groups in total. The number of nitrogens with one attached hydrogen (secondary N) is 1. The molecule has 5 heteroatoms. The lowest BCUT2D eigenvalue weighted by Gasteiger charge is -2.06. The van der Waals surface area contributed by atoms with Gasteiger partial charge in [-0.3, -0.25) is 4.79 Å². The molecule has 0 unspecified atom stereocenters. The number of amides is 1. The van der Waals surface area contributed by atoms with Gasteiger partial charge in [0.1, 0.15) is 5.75 Å². The van der Waals surface area contributed by atoms with Crippen molar-refractivity contribution < 1.29 is 19.1 Å². The van der Waals surface area contributed by atoms with Crippen molar-refractivity contribution in [3.05, 3.63) is 65.7 Å². The molecule has 5 nitrogen and oxygen atoms in total. The van der Waals surface area contributed by atoms with Gasteiger partial charge in [0.25, 0.3) is 0 Å². The van der Waals surface area contributed by atoms with Gasteiger partial charge >= 0.3 is 5.97 Å². The maximum Gasteiger partial charge on any atom is 0.338 e. The van der Waals surface area contributed by atoms with E-state index in [-0.39, 0.29) is 11.9 Å². The van der Waals surface area contributed by atoms with Gasteiger partial charge in [0.2, 0.25) is 5.91 Å². The molecule has 0 spiro atoms. The Morgan fingerprint density at radius 1 is 1.12 bits per heavy atom. The number of esters is 1. The summed E-state index contributed by atoms with van der Waals surface area (Å²) in [5, 5.41) is 2.74. The van der Waals surface area contributed by atoms with E-state index >= 15 is 0 Å². The molecular formula is C21H23NO4. The van der Waals surface area contributed by atoms with Crippen LogP contribution in [0.5, 0.6) is 5.75 Å². The minimum Gasteiger partial charge on any atom is -0.497 e. The van der Waals surface area contributed by atoms with Crippen molar-refractivity contribution >= 4 is 23.6 Å². The third-order valence-electron chi connectivity index (χ3n) is 3.62. The van der Waals surface area contributed by atoms with Crippen molar-refractivity contribution in [3.8, 4) is 5.75 Å². The first kappa shape index (κ1) is 19.2. The number of hydrogen-bond acceptors (Lipinski definition) is 4. The molecular weight excluding hydrogens is 330 g/mol. The molecule has 0 aromatic heterocycles. The predicted octanol–water partition coefficient (Wildman–Crippen LogP) is 4.30. The lowest BCUT2D eigenvalue weighted by molar-refractivity contribution is -0.111. The first-order valence-corrected chi connectivity index (χ1v) is 8.52. The lowest BCUT2D eigenvalue weighted by Crippen LogP contribution is -2.10. The second kappa shape index (κ2) is 10.0. The van der Waals surface area contributed by atoms with Crippen LogP contribution in [-0.2, 0) is 9.53 Å². The Kier molecular flexibility index (Phi) is 7.43. The predicted molar refractivity (Wildman–Crippen MR) is 102 cm³/mol. The number of carbonyl (C=O) groups excluding carboxylic acids is 2. The summed E-state index contributed by atoms with van der Waals surface area (Å²) in [7, 11) is 1.59. The highest BCUT2D eigenvalue weighted by Crippen LogP contribution is 2.15. The number of ether oxygens (including phenoxy) is 2. The maximum absolute atomic E-state index is 12.1. The molecule has 1 amide bonds. The van der Waals surface area contributed by atoms with E-state index in [1.165, 1.54) is 6.08 Å². The summed E-state index contributed by atoms with van der Waals surface area (Å²) in [5.74, 6) is 0.0487. The topological polar surface area (TPSA) is 64.6 Å². The standard InChI is InChI=1S/C21H23NO4/c1-3-4-13-26-21(24)17-8-6-9-18(15-17)22-20(23)12-11-16-7-5-10-19(14-16)25-2/h5-12,14-15H,3-4,13H2,1-2H3,(H,22,23)/b12-11+. The van der Waals surface area contributed by atoms with Crippen molar-refractivity contribution in [2.75, 3.05) is 19.0 Å². The molecule has 2 rings (SSSR count). The molecule has 0 aliphatic rings. The zero-order valence-corrected chi connectivity index (χ0v) is 15.0. The summed E-state index contributed by atoms with van der Waals surface area (Å²) < 4.78 is 10.3. The third-order valence-corrected chi connectivity index (χ3v) is 3.62. The molecule has 0 aliphatic carbocycles. The monoisotopic (exact) mass is 353 g/mol. The minimum absolute atomic E-state index is 0.288. The smallest absolute Gasteiger partial charge is 0.338 e. The van der Waals surface area contributed by atoms with Crippen molar-refractivity contribution in [1.29, 1.82) is 0 Å².